The lowest BCUT2D eigenvalue weighted by atomic mass is 9.86. The first kappa shape index (κ1) is 38.5. The molecule has 10 aromatic carbocycles. The lowest BCUT2D eigenvalue weighted by Gasteiger charge is -2.25. The van der Waals surface area contributed by atoms with E-state index in [1.165, 1.54) is 30.9 Å². The topological polar surface area (TPSA) is 57.4 Å². The molecule has 0 N–H and O–H groups in total. The molecular weight excluding hydrogens is 865 g/mol. The van der Waals surface area contributed by atoms with Gasteiger partial charge in [-0.05, 0) is 46.5 Å². The number of nitriles is 2. The van der Waals surface area contributed by atoms with E-state index in [2.05, 4.69) is 185 Å². The van der Waals surface area contributed by atoms with Gasteiger partial charge >= 0.3 is 0 Å². The minimum atomic E-state index is 0.433. The molecule has 4 nitrogen and oxygen atoms in total. The van der Waals surface area contributed by atoms with Gasteiger partial charge in [0.05, 0.1) is 54.0 Å². The molecule has 0 radical (unpaired) electrons. The van der Waals surface area contributed by atoms with E-state index in [-0.39, 0.29) is 0 Å². The number of hydrogen-bond donors (Lipinski definition) is 0. The molecule has 68 heavy (non-hydrogen) atoms. The smallest absolute Gasteiger partial charge is 0.102 e. The Morgan fingerprint density at radius 3 is 1.31 bits per heavy atom. The van der Waals surface area contributed by atoms with Gasteiger partial charge in [0.2, 0.25) is 0 Å². The van der Waals surface area contributed by atoms with Crippen molar-refractivity contribution in [2.75, 3.05) is 0 Å². The van der Waals surface area contributed by atoms with Crippen LogP contribution in [0.2, 0.25) is 0 Å². The van der Waals surface area contributed by atoms with Crippen molar-refractivity contribution in [3.05, 3.63) is 217 Å². The third kappa shape index (κ3) is 5.39. The number of thiophene rings is 2. The summed E-state index contributed by atoms with van der Waals surface area (Å²) < 4.78 is 9.44. The second kappa shape index (κ2) is 14.9. The Hall–Kier alpha value is -8.78. The number of fused-ring (bicyclic) bond motifs is 14. The fraction of sp³-hybridized carbons (Fsp3) is 0. The molecule has 0 amide bonds. The van der Waals surface area contributed by atoms with E-state index in [9.17, 15) is 10.5 Å². The van der Waals surface area contributed by atoms with E-state index in [4.69, 9.17) is 0 Å². The highest BCUT2D eigenvalue weighted by atomic mass is 32.1. The van der Waals surface area contributed by atoms with Crippen molar-refractivity contribution in [1.82, 2.24) is 9.13 Å². The van der Waals surface area contributed by atoms with Crippen molar-refractivity contribution in [3.63, 3.8) is 0 Å². The molecule has 6 heteroatoms. The molecule has 0 fully saturated rings. The summed E-state index contributed by atoms with van der Waals surface area (Å²) in [7, 11) is 0. The van der Waals surface area contributed by atoms with E-state index in [1.807, 2.05) is 42.5 Å². The van der Waals surface area contributed by atoms with Crippen LogP contribution in [0.1, 0.15) is 11.1 Å². The third-order valence-corrected chi connectivity index (χ3v) is 16.2. The molecule has 4 aromatic heterocycles. The van der Waals surface area contributed by atoms with E-state index in [0.717, 1.165) is 92.2 Å². The van der Waals surface area contributed by atoms with Crippen molar-refractivity contribution < 1.29 is 0 Å². The zero-order valence-electron chi connectivity index (χ0n) is 36.2. The van der Waals surface area contributed by atoms with Gasteiger partial charge in [-0.2, -0.15) is 10.5 Å². The van der Waals surface area contributed by atoms with Crippen molar-refractivity contribution in [2.24, 2.45) is 0 Å². The maximum absolute atomic E-state index is 12.1. The molecule has 14 aromatic rings. The lowest BCUT2D eigenvalue weighted by molar-refractivity contribution is 1.13. The molecule has 14 rings (SSSR count). The first-order valence-corrected chi connectivity index (χ1v) is 24.3. The third-order valence-electron chi connectivity index (χ3n) is 13.8. The molecule has 0 aliphatic heterocycles. The van der Waals surface area contributed by atoms with Crippen LogP contribution in [0.3, 0.4) is 0 Å². The summed E-state index contributed by atoms with van der Waals surface area (Å²) in [6, 6.07) is 78.1. The van der Waals surface area contributed by atoms with Crippen molar-refractivity contribution >= 4 is 107 Å². The van der Waals surface area contributed by atoms with Crippen LogP contribution in [-0.2, 0) is 0 Å². The Morgan fingerprint density at radius 1 is 0.324 bits per heavy atom. The normalized spacial score (nSPS) is 11.8. The summed E-state index contributed by atoms with van der Waals surface area (Å²) in [5.74, 6) is 0. The maximum atomic E-state index is 12.1. The monoisotopic (exact) mass is 898 g/mol. The quantitative estimate of drug-likeness (QED) is 0.173. The second-order valence-electron chi connectivity index (χ2n) is 17.3. The predicted molar refractivity (Wildman–Crippen MR) is 287 cm³/mol. The summed E-state index contributed by atoms with van der Waals surface area (Å²) in [6.07, 6.45) is 0. The molecule has 0 atom stereocenters. The van der Waals surface area contributed by atoms with Crippen LogP contribution in [0.15, 0.2) is 206 Å². The predicted octanol–water partition coefficient (Wildman–Crippen LogP) is 17.4. The van der Waals surface area contributed by atoms with Crippen molar-refractivity contribution in [2.45, 2.75) is 0 Å². The largest absolute Gasteiger partial charge is 0.307 e. The summed E-state index contributed by atoms with van der Waals surface area (Å²) in [5.41, 5.74) is 11.6. The Balaban J connectivity index is 1.29. The van der Waals surface area contributed by atoms with Gasteiger partial charge in [-0.1, -0.05) is 182 Å². The van der Waals surface area contributed by atoms with Gasteiger partial charge in [0.15, 0.2) is 0 Å². The maximum Gasteiger partial charge on any atom is 0.102 e. The van der Waals surface area contributed by atoms with Crippen LogP contribution in [0, 0.1) is 22.7 Å². The molecule has 314 valence electrons. The molecule has 0 bridgehead atoms. The number of aromatic nitrogens is 2. The molecule has 0 unspecified atom stereocenters. The molecule has 0 aliphatic rings. The summed E-state index contributed by atoms with van der Waals surface area (Å²) in [6.45, 7) is 0. The van der Waals surface area contributed by atoms with Crippen LogP contribution < -0.4 is 0 Å². The van der Waals surface area contributed by atoms with E-state index >= 15 is 0 Å². The average Bonchev–Trinajstić information content (AvgIpc) is 4.16. The van der Waals surface area contributed by atoms with Gasteiger partial charge in [0.1, 0.15) is 12.1 Å². The lowest BCUT2D eigenvalue weighted by Crippen LogP contribution is -2.11. The second-order valence-corrected chi connectivity index (χ2v) is 19.4. The average molecular weight is 899 g/mol. The summed E-state index contributed by atoms with van der Waals surface area (Å²) in [4.78, 5) is 0. The zero-order valence-corrected chi connectivity index (χ0v) is 37.9. The van der Waals surface area contributed by atoms with Gasteiger partial charge in [0, 0.05) is 63.6 Å². The molecule has 0 spiro atoms. The highest BCUT2D eigenvalue weighted by Gasteiger charge is 2.33. The SMILES string of the molecule is N#Cc1c(-c2ccccc2)c(C#N)c(-n2c3c(ccc4c5ccccc5sc43)c3ccc4c5ccccc5sc4c32)c(-c2ccccc2)c1-n1c2ccccc2c2ccc(-c3ccccc3)cc21. The first-order chi connectivity index (χ1) is 33.7. The summed E-state index contributed by atoms with van der Waals surface area (Å²) in [5, 5.41) is 33.2. The minimum absolute atomic E-state index is 0.433. The van der Waals surface area contributed by atoms with Gasteiger partial charge < -0.3 is 9.13 Å². The fourth-order valence-corrected chi connectivity index (χ4v) is 13.4. The molecule has 0 aliphatic carbocycles. The zero-order chi connectivity index (χ0) is 45.0. The van der Waals surface area contributed by atoms with Crippen molar-refractivity contribution in [1.29, 1.82) is 10.5 Å². The highest BCUT2D eigenvalue weighted by Crippen LogP contribution is 2.52. The van der Waals surface area contributed by atoms with Crippen molar-refractivity contribution in [3.8, 4) is 56.9 Å². The van der Waals surface area contributed by atoms with Crippen LogP contribution >= 0.6 is 22.7 Å². The minimum Gasteiger partial charge on any atom is -0.307 e. The molecule has 4 heterocycles. The number of hydrogen-bond acceptors (Lipinski definition) is 4. The molecule has 0 saturated heterocycles. The van der Waals surface area contributed by atoms with Crippen LogP contribution in [0.4, 0.5) is 0 Å². The standard InChI is InChI=1S/C62H34N4S2/c63-35-49-55(38-18-6-2-7-19-38)50(36-64)58(56(39-20-8-3-9-21-39)57(49)65-51-25-13-10-22-41(51)42-29-28-40(34-52(42)65)37-16-4-1-5-17-37)66-59-45(30-32-47-43-23-11-14-26-53(43)67-61(47)59)46-31-33-48-44-24-12-15-27-54(44)68-62(48)60(46)66/h1-34H. The number of para-hydroxylation sites is 1. The van der Waals surface area contributed by atoms with Crippen LogP contribution in [0.25, 0.3) is 129 Å². The van der Waals surface area contributed by atoms with Gasteiger partial charge in [-0.25, -0.2) is 0 Å². The fourth-order valence-electron chi connectivity index (χ4n) is 10.9. The van der Waals surface area contributed by atoms with E-state index in [1.54, 1.807) is 22.7 Å². The van der Waals surface area contributed by atoms with E-state index in [0.29, 0.717) is 16.7 Å². The number of rotatable bonds is 5. The molecular formula is C62H34N4S2. The Kier molecular flexibility index (Phi) is 8.42. The van der Waals surface area contributed by atoms with E-state index < -0.39 is 0 Å². The van der Waals surface area contributed by atoms with Gasteiger partial charge in [0.25, 0.3) is 0 Å². The Labute approximate surface area is 398 Å². The first-order valence-electron chi connectivity index (χ1n) is 22.6. The van der Waals surface area contributed by atoms with Gasteiger partial charge in [-0.3, -0.25) is 0 Å². The Bertz CT molecular complexity index is 4370. The Morgan fingerprint density at radius 2 is 0.750 bits per heavy atom. The highest BCUT2D eigenvalue weighted by molar-refractivity contribution is 7.27. The number of benzene rings is 10. The molecule has 0 saturated carbocycles. The number of nitrogens with zero attached hydrogens (tertiary/aromatic N) is 4. The summed E-state index contributed by atoms with van der Waals surface area (Å²) >= 11 is 3.59. The van der Waals surface area contributed by atoms with Gasteiger partial charge in [-0.15, -0.1) is 22.7 Å². The van der Waals surface area contributed by atoms with Crippen LogP contribution in [0.5, 0.6) is 0 Å². The van der Waals surface area contributed by atoms with Crippen LogP contribution in [-0.4, -0.2) is 9.13 Å².